The van der Waals surface area contributed by atoms with Crippen molar-refractivity contribution in [1.82, 2.24) is 4.90 Å². The smallest absolute Gasteiger partial charge is 0.335 e. The van der Waals surface area contributed by atoms with Crippen LogP contribution in [0, 0.1) is 5.41 Å². The summed E-state index contributed by atoms with van der Waals surface area (Å²) in [7, 11) is 0. The zero-order chi connectivity index (χ0) is 16.4. The number of rotatable bonds is 3. The number of benzene rings is 1. The predicted octanol–water partition coefficient (Wildman–Crippen LogP) is 3.63. The third-order valence-electron chi connectivity index (χ3n) is 5.69. The lowest BCUT2D eigenvalue weighted by molar-refractivity contribution is -0.145. The summed E-state index contributed by atoms with van der Waals surface area (Å²) in [6.45, 7) is 3.43. The van der Waals surface area contributed by atoms with E-state index in [0.29, 0.717) is 12.1 Å². The molecule has 1 aromatic rings. The van der Waals surface area contributed by atoms with Crippen molar-refractivity contribution in [2.24, 2.45) is 5.41 Å². The first-order valence-corrected chi connectivity index (χ1v) is 8.70. The fourth-order valence-electron chi connectivity index (χ4n) is 4.15. The van der Waals surface area contributed by atoms with Crippen LogP contribution in [0.3, 0.4) is 0 Å². The van der Waals surface area contributed by atoms with Crippen LogP contribution < -0.4 is 0 Å². The monoisotopic (exact) mass is 315 g/mol. The number of carboxylic acids is 1. The van der Waals surface area contributed by atoms with E-state index in [9.17, 15) is 9.59 Å². The number of carbonyl (C=O) groups is 2. The summed E-state index contributed by atoms with van der Waals surface area (Å²) >= 11 is 0. The highest BCUT2D eigenvalue weighted by Crippen LogP contribution is 2.41. The summed E-state index contributed by atoms with van der Waals surface area (Å²) in [5.74, 6) is -0.625. The third kappa shape index (κ3) is 2.99. The highest BCUT2D eigenvalue weighted by Gasteiger charge is 2.41. The minimum absolute atomic E-state index is 0.180. The van der Waals surface area contributed by atoms with Gasteiger partial charge in [-0.2, -0.15) is 0 Å². The molecule has 4 nitrogen and oxygen atoms in total. The summed E-state index contributed by atoms with van der Waals surface area (Å²) in [6, 6.07) is 5.29. The first-order valence-electron chi connectivity index (χ1n) is 8.70. The van der Waals surface area contributed by atoms with E-state index < -0.39 is 5.97 Å². The molecule has 0 unspecified atom stereocenters. The number of carboxylic acid groups (broad SMARTS) is 1. The lowest BCUT2D eigenvalue weighted by atomic mass is 9.71. The standard InChI is InChI=1S/C19H25NO3/c1-2-19(9-4-3-5-10-19)18(23)20-11-8-14-6-7-15(17(21)22)12-16(14)13-20/h6-7,12H,2-5,8-11,13H2,1H3,(H,21,22). The largest absolute Gasteiger partial charge is 0.478 e. The summed E-state index contributed by atoms with van der Waals surface area (Å²) in [5, 5.41) is 9.16. The van der Waals surface area contributed by atoms with E-state index in [2.05, 4.69) is 6.92 Å². The van der Waals surface area contributed by atoms with E-state index in [1.54, 1.807) is 12.1 Å². The molecule has 23 heavy (non-hydrogen) atoms. The quantitative estimate of drug-likeness (QED) is 0.926. The van der Waals surface area contributed by atoms with Gasteiger partial charge in [-0.25, -0.2) is 4.79 Å². The van der Waals surface area contributed by atoms with Gasteiger partial charge in [0.05, 0.1) is 5.56 Å². The van der Waals surface area contributed by atoms with Crippen LogP contribution >= 0.6 is 0 Å². The Bertz CT molecular complexity index is 617. The predicted molar refractivity (Wildman–Crippen MR) is 88.3 cm³/mol. The molecule has 1 saturated carbocycles. The average molecular weight is 315 g/mol. The zero-order valence-corrected chi connectivity index (χ0v) is 13.8. The summed E-state index contributed by atoms with van der Waals surface area (Å²) < 4.78 is 0. The van der Waals surface area contributed by atoms with Gasteiger partial charge in [0.2, 0.25) is 5.91 Å². The van der Waals surface area contributed by atoms with Crippen molar-refractivity contribution in [3.63, 3.8) is 0 Å². The van der Waals surface area contributed by atoms with Gasteiger partial charge in [-0.15, -0.1) is 0 Å². The molecule has 2 aliphatic rings. The van der Waals surface area contributed by atoms with Crippen LogP contribution in [0.1, 0.15) is 66.9 Å². The van der Waals surface area contributed by atoms with Gasteiger partial charge in [0.15, 0.2) is 0 Å². The Morgan fingerprint density at radius 1 is 1.17 bits per heavy atom. The second-order valence-corrected chi connectivity index (χ2v) is 6.96. The normalized spacial score (nSPS) is 20.0. The highest BCUT2D eigenvalue weighted by atomic mass is 16.4. The molecule has 1 aromatic carbocycles. The molecule has 1 aliphatic heterocycles. The number of fused-ring (bicyclic) bond motifs is 1. The zero-order valence-electron chi connectivity index (χ0n) is 13.8. The number of hydrogen-bond acceptors (Lipinski definition) is 2. The Kier molecular flexibility index (Phi) is 4.42. The van der Waals surface area contributed by atoms with E-state index >= 15 is 0 Å². The first-order chi connectivity index (χ1) is 11.1. The molecule has 4 heteroatoms. The Labute approximate surface area is 137 Å². The van der Waals surface area contributed by atoms with E-state index in [-0.39, 0.29) is 11.3 Å². The number of amides is 1. The molecular formula is C19H25NO3. The first kappa shape index (κ1) is 16.0. The second-order valence-electron chi connectivity index (χ2n) is 6.96. The molecule has 0 radical (unpaired) electrons. The summed E-state index contributed by atoms with van der Waals surface area (Å²) in [5.41, 5.74) is 2.29. The van der Waals surface area contributed by atoms with Gasteiger partial charge in [0.25, 0.3) is 0 Å². The maximum Gasteiger partial charge on any atom is 0.335 e. The molecule has 0 saturated heterocycles. The molecule has 124 valence electrons. The van der Waals surface area contributed by atoms with Crippen molar-refractivity contribution in [3.05, 3.63) is 34.9 Å². The topological polar surface area (TPSA) is 57.6 Å². The van der Waals surface area contributed by atoms with E-state index in [0.717, 1.165) is 50.6 Å². The van der Waals surface area contributed by atoms with Crippen LogP contribution in [0.4, 0.5) is 0 Å². The molecule has 0 bridgehead atoms. The number of nitrogens with zero attached hydrogens (tertiary/aromatic N) is 1. The van der Waals surface area contributed by atoms with Gasteiger partial charge in [0, 0.05) is 18.5 Å². The molecular weight excluding hydrogens is 290 g/mol. The van der Waals surface area contributed by atoms with Crippen LogP contribution in [0.2, 0.25) is 0 Å². The van der Waals surface area contributed by atoms with E-state index in [1.807, 2.05) is 11.0 Å². The van der Waals surface area contributed by atoms with Gasteiger partial charge in [-0.3, -0.25) is 4.79 Å². The fourth-order valence-corrected chi connectivity index (χ4v) is 4.15. The number of carbonyl (C=O) groups excluding carboxylic acids is 1. The number of hydrogen-bond donors (Lipinski definition) is 1. The molecule has 0 aromatic heterocycles. The Hall–Kier alpha value is -1.84. The molecule has 1 N–H and O–H groups in total. The molecule has 0 spiro atoms. The van der Waals surface area contributed by atoms with Gasteiger partial charge in [-0.1, -0.05) is 32.3 Å². The fraction of sp³-hybridized carbons (Fsp3) is 0.579. The average Bonchev–Trinajstić information content (AvgIpc) is 2.60. The van der Waals surface area contributed by atoms with E-state index in [4.69, 9.17) is 5.11 Å². The van der Waals surface area contributed by atoms with Crippen molar-refractivity contribution >= 4 is 11.9 Å². The third-order valence-corrected chi connectivity index (χ3v) is 5.69. The Morgan fingerprint density at radius 3 is 2.57 bits per heavy atom. The number of aromatic carboxylic acids is 1. The molecule has 3 rings (SSSR count). The van der Waals surface area contributed by atoms with Gasteiger partial charge in [-0.05, 0) is 48.9 Å². The summed E-state index contributed by atoms with van der Waals surface area (Å²) in [4.78, 5) is 26.3. The maximum absolute atomic E-state index is 13.1. The van der Waals surface area contributed by atoms with Crippen molar-refractivity contribution in [2.45, 2.75) is 58.4 Å². The molecule has 0 atom stereocenters. The van der Waals surface area contributed by atoms with Crippen molar-refractivity contribution in [1.29, 1.82) is 0 Å². The maximum atomic E-state index is 13.1. The lowest BCUT2D eigenvalue weighted by Gasteiger charge is -2.41. The Balaban J connectivity index is 1.81. The molecule has 1 aliphatic carbocycles. The minimum atomic E-state index is -0.909. The van der Waals surface area contributed by atoms with Crippen LogP contribution in [0.15, 0.2) is 18.2 Å². The van der Waals surface area contributed by atoms with Crippen LogP contribution in [0.25, 0.3) is 0 Å². The van der Waals surface area contributed by atoms with Crippen molar-refractivity contribution in [3.8, 4) is 0 Å². The summed E-state index contributed by atoms with van der Waals surface area (Å²) in [6.07, 6.45) is 7.26. The van der Waals surface area contributed by atoms with Crippen LogP contribution in [-0.4, -0.2) is 28.4 Å². The lowest BCUT2D eigenvalue weighted by Crippen LogP contribution is -2.46. The van der Waals surface area contributed by atoms with Crippen molar-refractivity contribution in [2.75, 3.05) is 6.54 Å². The Morgan fingerprint density at radius 2 is 1.91 bits per heavy atom. The van der Waals surface area contributed by atoms with Crippen LogP contribution in [0.5, 0.6) is 0 Å². The van der Waals surface area contributed by atoms with Crippen molar-refractivity contribution < 1.29 is 14.7 Å². The van der Waals surface area contributed by atoms with E-state index in [1.165, 1.54) is 12.0 Å². The van der Waals surface area contributed by atoms with Gasteiger partial charge in [0.1, 0.15) is 0 Å². The molecule has 1 fully saturated rings. The molecule has 1 amide bonds. The molecule has 1 heterocycles. The van der Waals surface area contributed by atoms with Gasteiger partial charge < -0.3 is 10.0 Å². The van der Waals surface area contributed by atoms with Gasteiger partial charge >= 0.3 is 5.97 Å². The highest BCUT2D eigenvalue weighted by molar-refractivity contribution is 5.88. The van der Waals surface area contributed by atoms with Crippen LogP contribution in [-0.2, 0) is 17.8 Å². The second kappa shape index (κ2) is 6.34. The SMILES string of the molecule is CCC1(C(=O)N2CCc3ccc(C(=O)O)cc3C2)CCCCC1. The minimum Gasteiger partial charge on any atom is -0.478 e.